The molecule has 0 radical (unpaired) electrons. The van der Waals surface area contributed by atoms with Crippen molar-refractivity contribution in [3.8, 4) is 5.75 Å². The maximum Gasteiger partial charge on any atom is 0.407 e. The Bertz CT molecular complexity index is 433. The van der Waals surface area contributed by atoms with E-state index < -0.39 is 6.09 Å². The van der Waals surface area contributed by atoms with Gasteiger partial charge in [-0.05, 0) is 31.0 Å². The van der Waals surface area contributed by atoms with Crippen LogP contribution in [-0.4, -0.2) is 35.3 Å². The number of carboxylic acid groups (broad SMARTS) is 1. The van der Waals surface area contributed by atoms with Crippen molar-refractivity contribution in [3.05, 3.63) is 28.2 Å². The molecule has 4 nitrogen and oxygen atoms in total. The van der Waals surface area contributed by atoms with Gasteiger partial charge >= 0.3 is 6.09 Å². The molecule has 1 aliphatic heterocycles. The van der Waals surface area contributed by atoms with E-state index in [4.69, 9.17) is 33.0 Å². The van der Waals surface area contributed by atoms with Gasteiger partial charge in [-0.1, -0.05) is 23.2 Å². The van der Waals surface area contributed by atoms with Crippen LogP contribution < -0.4 is 4.74 Å². The van der Waals surface area contributed by atoms with Gasteiger partial charge in [-0.25, -0.2) is 4.79 Å². The number of ether oxygens (including phenoxy) is 1. The molecule has 1 saturated heterocycles. The number of piperidine rings is 1. The van der Waals surface area contributed by atoms with E-state index in [1.165, 1.54) is 4.90 Å². The van der Waals surface area contributed by atoms with Gasteiger partial charge in [0, 0.05) is 16.6 Å². The van der Waals surface area contributed by atoms with E-state index in [2.05, 4.69) is 0 Å². The molecule has 1 amide bonds. The number of rotatable bonds is 2. The number of carbonyl (C=O) groups is 1. The molecular weight excluding hydrogens is 277 g/mol. The summed E-state index contributed by atoms with van der Waals surface area (Å²) in [4.78, 5) is 12.3. The zero-order valence-electron chi connectivity index (χ0n) is 9.60. The van der Waals surface area contributed by atoms with E-state index in [0.717, 1.165) is 12.8 Å². The molecule has 1 fully saturated rings. The molecule has 1 aromatic rings. The Morgan fingerprint density at radius 2 is 2.00 bits per heavy atom. The summed E-state index contributed by atoms with van der Waals surface area (Å²) in [7, 11) is 0. The summed E-state index contributed by atoms with van der Waals surface area (Å²) < 4.78 is 5.72. The molecule has 1 N–H and O–H groups in total. The summed E-state index contributed by atoms with van der Waals surface area (Å²) >= 11 is 11.8. The zero-order valence-corrected chi connectivity index (χ0v) is 11.1. The SMILES string of the molecule is O=C(O)N1CCCC(Oc2cc(Cl)cc(Cl)c2)C1. The van der Waals surface area contributed by atoms with Gasteiger partial charge in [0.25, 0.3) is 0 Å². The van der Waals surface area contributed by atoms with Crippen molar-refractivity contribution in [2.24, 2.45) is 0 Å². The Balaban J connectivity index is 2.02. The molecule has 1 heterocycles. The summed E-state index contributed by atoms with van der Waals surface area (Å²) in [6.45, 7) is 0.935. The monoisotopic (exact) mass is 289 g/mol. The Morgan fingerprint density at radius 3 is 2.61 bits per heavy atom. The number of nitrogens with zero attached hydrogens (tertiary/aromatic N) is 1. The third-order valence-corrected chi connectivity index (χ3v) is 3.22. The summed E-state index contributed by atoms with van der Waals surface area (Å²) in [6.07, 6.45) is 0.566. The van der Waals surface area contributed by atoms with Crippen molar-refractivity contribution in [1.82, 2.24) is 4.90 Å². The van der Waals surface area contributed by atoms with Crippen LogP contribution in [0.5, 0.6) is 5.75 Å². The maximum absolute atomic E-state index is 10.9. The Labute approximate surface area is 115 Å². The summed E-state index contributed by atoms with van der Waals surface area (Å²) in [5, 5.41) is 9.94. The molecule has 0 aromatic heterocycles. The smallest absolute Gasteiger partial charge is 0.407 e. The van der Waals surface area contributed by atoms with E-state index >= 15 is 0 Å². The fraction of sp³-hybridized carbons (Fsp3) is 0.417. The third-order valence-electron chi connectivity index (χ3n) is 2.79. The first-order valence-electron chi connectivity index (χ1n) is 5.65. The first-order valence-corrected chi connectivity index (χ1v) is 6.41. The number of hydrogen-bond donors (Lipinski definition) is 1. The third kappa shape index (κ3) is 3.43. The highest BCUT2D eigenvalue weighted by atomic mass is 35.5. The van der Waals surface area contributed by atoms with Gasteiger partial charge in [-0.2, -0.15) is 0 Å². The van der Waals surface area contributed by atoms with Gasteiger partial charge in [-0.15, -0.1) is 0 Å². The zero-order chi connectivity index (χ0) is 13.1. The lowest BCUT2D eigenvalue weighted by Crippen LogP contribution is -2.43. The van der Waals surface area contributed by atoms with Crippen LogP contribution in [0.3, 0.4) is 0 Å². The van der Waals surface area contributed by atoms with Crippen LogP contribution in [0.25, 0.3) is 0 Å². The summed E-state index contributed by atoms with van der Waals surface area (Å²) in [6, 6.07) is 4.97. The number of benzene rings is 1. The minimum Gasteiger partial charge on any atom is -0.488 e. The van der Waals surface area contributed by atoms with Crippen LogP contribution in [0.1, 0.15) is 12.8 Å². The van der Waals surface area contributed by atoms with Crippen molar-refractivity contribution in [2.75, 3.05) is 13.1 Å². The summed E-state index contributed by atoms with van der Waals surface area (Å²) in [5.41, 5.74) is 0. The normalized spacial score (nSPS) is 19.7. The minimum absolute atomic E-state index is 0.149. The highest BCUT2D eigenvalue weighted by Gasteiger charge is 2.24. The van der Waals surface area contributed by atoms with Crippen molar-refractivity contribution >= 4 is 29.3 Å². The van der Waals surface area contributed by atoms with Crippen LogP contribution in [0, 0.1) is 0 Å². The molecular formula is C12H13Cl2NO3. The van der Waals surface area contributed by atoms with Crippen LogP contribution in [-0.2, 0) is 0 Å². The second-order valence-corrected chi connectivity index (χ2v) is 5.09. The minimum atomic E-state index is -0.910. The predicted molar refractivity (Wildman–Crippen MR) is 69.7 cm³/mol. The molecule has 98 valence electrons. The molecule has 0 spiro atoms. The van der Waals surface area contributed by atoms with Gasteiger partial charge in [0.05, 0.1) is 6.54 Å². The molecule has 0 bridgehead atoms. The average Bonchev–Trinajstić information content (AvgIpc) is 2.27. The van der Waals surface area contributed by atoms with E-state index in [9.17, 15) is 4.79 Å². The average molecular weight is 290 g/mol. The first kappa shape index (κ1) is 13.3. The van der Waals surface area contributed by atoms with Crippen molar-refractivity contribution in [2.45, 2.75) is 18.9 Å². The van der Waals surface area contributed by atoms with Gasteiger partial charge in [0.2, 0.25) is 0 Å². The highest BCUT2D eigenvalue weighted by molar-refractivity contribution is 6.34. The van der Waals surface area contributed by atoms with Crippen LogP contribution >= 0.6 is 23.2 Å². The fourth-order valence-electron chi connectivity index (χ4n) is 2.00. The van der Waals surface area contributed by atoms with E-state index in [0.29, 0.717) is 28.9 Å². The van der Waals surface area contributed by atoms with E-state index in [-0.39, 0.29) is 6.10 Å². The second kappa shape index (κ2) is 5.67. The molecule has 2 rings (SSSR count). The van der Waals surface area contributed by atoms with Crippen molar-refractivity contribution in [3.63, 3.8) is 0 Å². The fourth-order valence-corrected chi connectivity index (χ4v) is 2.50. The van der Waals surface area contributed by atoms with Gasteiger partial charge in [0.15, 0.2) is 0 Å². The number of halogens is 2. The topological polar surface area (TPSA) is 49.8 Å². The van der Waals surface area contributed by atoms with E-state index in [1.807, 2.05) is 0 Å². The standard InChI is InChI=1S/C12H13Cl2NO3/c13-8-4-9(14)6-11(5-8)18-10-2-1-3-15(7-10)12(16)17/h4-6,10H,1-3,7H2,(H,16,17). The van der Waals surface area contributed by atoms with Gasteiger partial charge in [-0.3, -0.25) is 0 Å². The molecule has 18 heavy (non-hydrogen) atoms. The lowest BCUT2D eigenvalue weighted by Gasteiger charge is -2.31. The number of likely N-dealkylation sites (tertiary alicyclic amines) is 1. The van der Waals surface area contributed by atoms with Crippen LogP contribution in [0.2, 0.25) is 10.0 Å². The molecule has 1 aromatic carbocycles. The molecule has 1 unspecified atom stereocenters. The Hall–Kier alpha value is -1.13. The lowest BCUT2D eigenvalue weighted by molar-refractivity contribution is 0.0792. The van der Waals surface area contributed by atoms with Crippen LogP contribution in [0.15, 0.2) is 18.2 Å². The Morgan fingerprint density at radius 1 is 1.33 bits per heavy atom. The molecule has 6 heteroatoms. The lowest BCUT2D eigenvalue weighted by atomic mass is 10.1. The van der Waals surface area contributed by atoms with Crippen molar-refractivity contribution in [1.29, 1.82) is 0 Å². The largest absolute Gasteiger partial charge is 0.488 e. The first-order chi connectivity index (χ1) is 8.54. The molecule has 1 atom stereocenters. The van der Waals surface area contributed by atoms with Crippen LogP contribution in [0.4, 0.5) is 4.79 Å². The predicted octanol–water partition coefficient (Wildman–Crippen LogP) is 3.51. The van der Waals surface area contributed by atoms with Crippen molar-refractivity contribution < 1.29 is 14.6 Å². The summed E-state index contributed by atoms with van der Waals surface area (Å²) in [5.74, 6) is 0.574. The number of amides is 1. The Kier molecular flexibility index (Phi) is 4.19. The molecule has 0 aliphatic carbocycles. The maximum atomic E-state index is 10.9. The molecule has 0 saturated carbocycles. The molecule has 1 aliphatic rings. The highest BCUT2D eigenvalue weighted by Crippen LogP contribution is 2.26. The quantitative estimate of drug-likeness (QED) is 0.906. The number of hydrogen-bond acceptors (Lipinski definition) is 2. The van der Waals surface area contributed by atoms with E-state index in [1.54, 1.807) is 18.2 Å². The van der Waals surface area contributed by atoms with Gasteiger partial charge < -0.3 is 14.7 Å². The van der Waals surface area contributed by atoms with Gasteiger partial charge in [0.1, 0.15) is 11.9 Å². The second-order valence-electron chi connectivity index (χ2n) is 4.22.